The first-order valence-corrected chi connectivity index (χ1v) is 19.3. The molecule has 0 aromatic carbocycles. The zero-order chi connectivity index (χ0) is 28.0. The number of hydrogen-bond donors (Lipinski definition) is 1. The Morgan fingerprint density at radius 1 is 0.786 bits per heavy atom. The third kappa shape index (κ3) is 5.32. The fourth-order valence-corrected chi connectivity index (χ4v) is 12.9. The maximum Gasteiger partial charge on any atom is 0.0660 e. The van der Waals surface area contributed by atoms with Crippen molar-refractivity contribution in [1.82, 2.24) is 4.90 Å². The number of fused-ring (bicyclic) bond motifs is 7. The third-order valence-electron chi connectivity index (χ3n) is 14.8. The van der Waals surface area contributed by atoms with E-state index in [2.05, 4.69) is 23.1 Å². The average molecular weight is 575 g/mol. The summed E-state index contributed by atoms with van der Waals surface area (Å²) in [6, 6.07) is 1.98. The molecular formula is C39H62N2O. The molecule has 6 aliphatic carbocycles. The number of nitrogens with zero attached hydrogens (tertiary/aromatic N) is 1. The van der Waals surface area contributed by atoms with E-state index in [0.29, 0.717) is 18.2 Å². The Bertz CT molecular complexity index is 981. The van der Waals surface area contributed by atoms with E-state index in [0.717, 1.165) is 59.4 Å². The molecule has 11 atom stereocenters. The highest BCUT2D eigenvalue weighted by molar-refractivity contribution is 5.17. The summed E-state index contributed by atoms with van der Waals surface area (Å²) < 4.78 is 7.09. The summed E-state index contributed by atoms with van der Waals surface area (Å²) in [6.45, 7) is 1.33. The van der Waals surface area contributed by atoms with Crippen molar-refractivity contribution in [3.63, 3.8) is 0 Å². The van der Waals surface area contributed by atoms with Gasteiger partial charge in [-0.1, -0.05) is 49.5 Å². The largest absolute Gasteiger partial charge is 0.374 e. The monoisotopic (exact) mass is 574 g/mol. The lowest BCUT2D eigenvalue weighted by molar-refractivity contribution is -0.0415. The van der Waals surface area contributed by atoms with E-state index in [9.17, 15) is 0 Å². The van der Waals surface area contributed by atoms with Crippen LogP contribution in [0.2, 0.25) is 0 Å². The van der Waals surface area contributed by atoms with Gasteiger partial charge in [-0.15, -0.1) is 0 Å². The van der Waals surface area contributed by atoms with Crippen LogP contribution in [0.1, 0.15) is 135 Å². The van der Waals surface area contributed by atoms with Crippen molar-refractivity contribution < 1.29 is 4.74 Å². The van der Waals surface area contributed by atoms with Crippen molar-refractivity contribution in [2.45, 2.75) is 165 Å². The molecule has 0 aromatic rings. The molecule has 8 rings (SSSR count). The van der Waals surface area contributed by atoms with Crippen LogP contribution in [-0.4, -0.2) is 41.8 Å². The summed E-state index contributed by atoms with van der Waals surface area (Å²) in [7, 11) is 0. The highest BCUT2D eigenvalue weighted by atomic mass is 16.5. The third-order valence-corrected chi connectivity index (χ3v) is 14.8. The second-order valence-electron chi connectivity index (χ2n) is 16.6. The number of ether oxygens (including phenoxy) is 1. The molecular weight excluding hydrogens is 512 g/mol. The Balaban J connectivity index is 0.990. The molecule has 0 spiro atoms. The smallest absolute Gasteiger partial charge is 0.0660 e. The average Bonchev–Trinajstić information content (AvgIpc) is 3.58. The maximum atomic E-state index is 7.09. The molecule has 234 valence electrons. The summed E-state index contributed by atoms with van der Waals surface area (Å²) in [4.78, 5) is 3.11. The highest BCUT2D eigenvalue weighted by Gasteiger charge is 2.59. The van der Waals surface area contributed by atoms with Crippen molar-refractivity contribution >= 4 is 0 Å². The molecule has 11 unspecified atom stereocenters. The molecule has 3 nitrogen and oxygen atoms in total. The number of rotatable bonds is 6. The zero-order valence-electron chi connectivity index (χ0n) is 26.7. The van der Waals surface area contributed by atoms with Gasteiger partial charge in [0.1, 0.15) is 0 Å². The van der Waals surface area contributed by atoms with Crippen LogP contribution in [0, 0.1) is 47.3 Å². The van der Waals surface area contributed by atoms with Crippen LogP contribution >= 0.6 is 0 Å². The minimum Gasteiger partial charge on any atom is -0.374 e. The Morgan fingerprint density at radius 2 is 1.64 bits per heavy atom. The zero-order valence-corrected chi connectivity index (χ0v) is 26.7. The molecule has 0 bridgehead atoms. The second-order valence-corrected chi connectivity index (χ2v) is 16.6. The quantitative estimate of drug-likeness (QED) is 0.322. The number of nitrogens with two attached hydrogens (primary N) is 1. The van der Waals surface area contributed by atoms with Gasteiger partial charge in [-0.2, -0.15) is 0 Å². The predicted octanol–water partition coefficient (Wildman–Crippen LogP) is 8.82. The summed E-state index contributed by atoms with van der Waals surface area (Å²) in [5.41, 5.74) is 8.84. The lowest BCUT2D eigenvalue weighted by Crippen LogP contribution is -2.47. The van der Waals surface area contributed by atoms with Crippen molar-refractivity contribution in [1.29, 1.82) is 0 Å². The molecule has 8 aliphatic rings. The van der Waals surface area contributed by atoms with Gasteiger partial charge in [0.25, 0.3) is 0 Å². The van der Waals surface area contributed by atoms with Crippen molar-refractivity contribution in [2.75, 3.05) is 6.54 Å². The van der Waals surface area contributed by atoms with Gasteiger partial charge in [-0.05, 0) is 157 Å². The highest BCUT2D eigenvalue weighted by Crippen LogP contribution is 2.57. The van der Waals surface area contributed by atoms with E-state index in [1.54, 1.807) is 0 Å². The molecule has 2 N–H and O–H groups in total. The van der Waals surface area contributed by atoms with Gasteiger partial charge in [0.05, 0.1) is 12.2 Å². The van der Waals surface area contributed by atoms with Crippen molar-refractivity contribution in [2.24, 2.45) is 53.1 Å². The van der Waals surface area contributed by atoms with Gasteiger partial charge in [0.15, 0.2) is 0 Å². The first-order valence-electron chi connectivity index (χ1n) is 19.3. The van der Waals surface area contributed by atoms with E-state index in [-0.39, 0.29) is 0 Å². The summed E-state index contributed by atoms with van der Waals surface area (Å²) in [5, 5.41) is 0. The molecule has 3 heteroatoms. The van der Waals surface area contributed by atoms with Crippen LogP contribution in [0.4, 0.5) is 0 Å². The molecule has 2 saturated heterocycles. The molecule has 4 saturated carbocycles. The van der Waals surface area contributed by atoms with E-state index in [1.807, 2.05) is 5.57 Å². The topological polar surface area (TPSA) is 38.5 Å². The number of likely N-dealkylation sites (tertiary alicyclic amines) is 1. The Hall–Kier alpha value is -0.640. The van der Waals surface area contributed by atoms with Crippen molar-refractivity contribution in [3.8, 4) is 0 Å². The van der Waals surface area contributed by atoms with Crippen LogP contribution in [0.5, 0.6) is 0 Å². The maximum absolute atomic E-state index is 7.09. The van der Waals surface area contributed by atoms with Crippen LogP contribution in [-0.2, 0) is 4.74 Å². The van der Waals surface area contributed by atoms with E-state index >= 15 is 0 Å². The first-order chi connectivity index (χ1) is 20.8. The Labute approximate surface area is 257 Å². The molecule has 0 amide bonds. The lowest BCUT2D eigenvalue weighted by Gasteiger charge is -2.44. The Morgan fingerprint density at radius 3 is 2.50 bits per heavy atom. The molecule has 2 aliphatic heterocycles. The lowest BCUT2D eigenvalue weighted by atomic mass is 9.64. The number of allylic oxidation sites excluding steroid dienone is 3. The molecule has 42 heavy (non-hydrogen) atoms. The predicted molar refractivity (Wildman–Crippen MR) is 173 cm³/mol. The van der Waals surface area contributed by atoms with E-state index in [1.165, 1.54) is 141 Å². The van der Waals surface area contributed by atoms with Crippen LogP contribution in [0.15, 0.2) is 23.8 Å². The Kier molecular flexibility index (Phi) is 8.66. The standard InChI is InChI=1S/C39H62N2O/c40-34-15-7-4-12-30(34)29(28-20-18-27(19-21-28)26-10-2-1-3-11-26)24-25-41-35-16-8-5-14-33(35)38-36(41)23-22-32-31-13-6-9-17-37(31)42-39(32)38/h5,10,14,27-39H,1-4,6-9,11-13,15-25,40H2. The molecule has 6 fully saturated rings. The minimum atomic E-state index is 0.449. The number of hydrogen-bond acceptors (Lipinski definition) is 3. The second kappa shape index (κ2) is 12.6. The first kappa shape index (κ1) is 28.8. The normalized spacial score (nSPS) is 48.1. The molecule has 2 heterocycles. The fourth-order valence-electron chi connectivity index (χ4n) is 12.9. The van der Waals surface area contributed by atoms with Gasteiger partial charge >= 0.3 is 0 Å². The van der Waals surface area contributed by atoms with Crippen molar-refractivity contribution in [3.05, 3.63) is 23.8 Å². The summed E-state index contributed by atoms with van der Waals surface area (Å²) in [5.74, 6) is 6.67. The summed E-state index contributed by atoms with van der Waals surface area (Å²) in [6.07, 6.45) is 38.5. The van der Waals surface area contributed by atoms with Crippen LogP contribution in [0.25, 0.3) is 0 Å². The van der Waals surface area contributed by atoms with Gasteiger partial charge in [-0.3, -0.25) is 4.90 Å². The summed E-state index contributed by atoms with van der Waals surface area (Å²) >= 11 is 0. The van der Waals surface area contributed by atoms with Gasteiger partial charge in [-0.25, -0.2) is 0 Å². The van der Waals surface area contributed by atoms with Gasteiger partial charge < -0.3 is 10.5 Å². The fraction of sp³-hybridized carbons (Fsp3) is 0.897. The molecule has 0 aromatic heterocycles. The minimum absolute atomic E-state index is 0.449. The van der Waals surface area contributed by atoms with Gasteiger partial charge in [0, 0.05) is 24.0 Å². The SMILES string of the molecule is NC1CCCCC1C(CCN1C2CCC=CC2C2C3OC4CCCCC4C3CCC21)C1CCC(C2=CCCCC2)CC1. The van der Waals surface area contributed by atoms with E-state index in [4.69, 9.17) is 10.5 Å². The van der Waals surface area contributed by atoms with Crippen LogP contribution in [0.3, 0.4) is 0 Å². The van der Waals surface area contributed by atoms with Gasteiger partial charge in [0.2, 0.25) is 0 Å². The van der Waals surface area contributed by atoms with Crippen LogP contribution < -0.4 is 5.73 Å². The van der Waals surface area contributed by atoms with E-state index < -0.39 is 0 Å². The molecule has 0 radical (unpaired) electrons.